The summed E-state index contributed by atoms with van der Waals surface area (Å²) in [6.45, 7) is 0.569. The van der Waals surface area contributed by atoms with E-state index in [1.165, 1.54) is 20.3 Å². The number of rotatable bonds is 10. The van der Waals surface area contributed by atoms with Gasteiger partial charge in [0.2, 0.25) is 5.88 Å². The van der Waals surface area contributed by atoms with Gasteiger partial charge in [-0.25, -0.2) is 9.78 Å². The van der Waals surface area contributed by atoms with Crippen molar-refractivity contribution in [2.45, 2.75) is 18.7 Å². The number of hydrogen-bond acceptors (Lipinski definition) is 6. The summed E-state index contributed by atoms with van der Waals surface area (Å²) in [6.07, 6.45) is -5.25. The number of hydrogen-bond donors (Lipinski definition) is 1. The van der Waals surface area contributed by atoms with Crippen LogP contribution in [-0.2, 0) is 26.9 Å². The van der Waals surface area contributed by atoms with Crippen LogP contribution in [0.15, 0.2) is 30.5 Å². The van der Waals surface area contributed by atoms with Crippen molar-refractivity contribution in [2.75, 3.05) is 27.4 Å². The zero-order chi connectivity index (χ0) is 22.3. The van der Waals surface area contributed by atoms with Gasteiger partial charge in [-0.3, -0.25) is 0 Å². The molecule has 0 amide bonds. The number of alkyl halides is 3. The second-order valence-electron chi connectivity index (χ2n) is 5.99. The number of pyridine rings is 1. The van der Waals surface area contributed by atoms with Crippen molar-refractivity contribution in [1.29, 1.82) is 0 Å². The smallest absolute Gasteiger partial charge is 0.417 e. The van der Waals surface area contributed by atoms with E-state index >= 15 is 0 Å². The normalized spacial score (nSPS) is 12.5. The van der Waals surface area contributed by atoms with Crippen LogP contribution in [0.1, 0.15) is 11.1 Å². The highest BCUT2D eigenvalue weighted by Gasteiger charge is 2.32. The lowest BCUT2D eigenvalue weighted by Gasteiger charge is -2.17. The number of methoxy groups -OCH3 is 2. The van der Waals surface area contributed by atoms with Crippen LogP contribution in [0.2, 0.25) is 5.02 Å². The molecule has 2 rings (SSSR count). The summed E-state index contributed by atoms with van der Waals surface area (Å²) in [5.74, 6) is -0.973. The number of nitrogens with zero attached hydrogens (tertiary/aromatic N) is 1. The minimum Gasteiger partial charge on any atom is -0.491 e. The molecule has 0 aliphatic rings. The molecule has 1 N–H and O–H groups in total. The first-order chi connectivity index (χ1) is 14.2. The highest BCUT2D eigenvalue weighted by Crippen LogP contribution is 2.36. The summed E-state index contributed by atoms with van der Waals surface area (Å²) in [5, 5.41) is 8.86. The Bertz CT molecular complexity index is 878. The minimum absolute atomic E-state index is 0.0717. The molecule has 0 saturated carbocycles. The molecule has 0 aliphatic heterocycles. The molecule has 1 aromatic heterocycles. The summed E-state index contributed by atoms with van der Waals surface area (Å²) in [4.78, 5) is 14.9. The van der Waals surface area contributed by atoms with E-state index in [2.05, 4.69) is 4.98 Å². The van der Waals surface area contributed by atoms with Gasteiger partial charge in [0.25, 0.3) is 0 Å². The number of aromatic nitrogens is 1. The fraction of sp³-hybridized carbons (Fsp3) is 0.368. The average molecular weight is 450 g/mol. The summed E-state index contributed by atoms with van der Waals surface area (Å²) in [7, 11) is 2.76. The molecule has 1 atom stereocenters. The van der Waals surface area contributed by atoms with E-state index < -0.39 is 23.8 Å². The van der Waals surface area contributed by atoms with Crippen LogP contribution in [0, 0.1) is 0 Å². The topological polar surface area (TPSA) is 87.1 Å². The van der Waals surface area contributed by atoms with Crippen molar-refractivity contribution in [1.82, 2.24) is 4.98 Å². The van der Waals surface area contributed by atoms with Gasteiger partial charge in [-0.1, -0.05) is 17.7 Å². The van der Waals surface area contributed by atoms with Gasteiger partial charge < -0.3 is 24.1 Å². The van der Waals surface area contributed by atoms with Crippen molar-refractivity contribution in [3.05, 3.63) is 46.6 Å². The predicted molar refractivity (Wildman–Crippen MR) is 100 cm³/mol. The molecular formula is C19H19ClF3NO6. The number of carboxylic acids is 1. The third kappa shape index (κ3) is 6.48. The lowest BCUT2D eigenvalue weighted by Crippen LogP contribution is -2.25. The maximum absolute atomic E-state index is 12.8. The van der Waals surface area contributed by atoms with E-state index in [1.807, 2.05) is 0 Å². The molecular weight excluding hydrogens is 431 g/mol. The molecule has 7 nitrogen and oxygen atoms in total. The molecule has 1 heterocycles. The van der Waals surface area contributed by atoms with Crippen LogP contribution in [0.3, 0.4) is 0 Å². The summed E-state index contributed by atoms with van der Waals surface area (Å²) < 4.78 is 59.4. The van der Waals surface area contributed by atoms with Crippen molar-refractivity contribution < 1.29 is 42.0 Å². The van der Waals surface area contributed by atoms with Gasteiger partial charge in [-0.05, 0) is 17.7 Å². The summed E-state index contributed by atoms with van der Waals surface area (Å²) in [5.41, 5.74) is -0.622. The Morgan fingerprint density at radius 2 is 1.97 bits per heavy atom. The van der Waals surface area contributed by atoms with Gasteiger partial charge in [0.15, 0.2) is 6.10 Å². The SMILES string of the molecule is COCCOc1ccc(CC(OC)C(=O)O)c(Oc2ncc(C(F)(F)F)cc2Cl)c1. The Hall–Kier alpha value is -2.56. The first-order valence-electron chi connectivity index (χ1n) is 8.56. The van der Waals surface area contributed by atoms with Gasteiger partial charge in [-0.15, -0.1) is 0 Å². The Balaban J connectivity index is 2.36. The standard InChI is InChI=1S/C19H19ClF3NO6/c1-27-5-6-29-13-4-3-11(7-16(28-2)18(25)26)15(9-13)30-17-14(20)8-12(10-24-17)19(21,22)23/h3-4,8-10,16H,5-7H2,1-2H3,(H,25,26). The second kappa shape index (κ2) is 10.5. The van der Waals surface area contributed by atoms with E-state index in [-0.39, 0.29) is 29.7 Å². The molecule has 0 bridgehead atoms. The van der Waals surface area contributed by atoms with Gasteiger partial charge in [0.1, 0.15) is 23.1 Å². The molecule has 2 aromatic rings. The second-order valence-corrected chi connectivity index (χ2v) is 6.40. The number of aliphatic carboxylic acids is 1. The maximum atomic E-state index is 12.8. The van der Waals surface area contributed by atoms with Crippen molar-refractivity contribution in [3.63, 3.8) is 0 Å². The molecule has 0 radical (unpaired) electrons. The van der Waals surface area contributed by atoms with Crippen LogP contribution >= 0.6 is 11.6 Å². The molecule has 164 valence electrons. The van der Waals surface area contributed by atoms with E-state index in [0.717, 1.165) is 0 Å². The van der Waals surface area contributed by atoms with Gasteiger partial charge in [0.05, 0.1) is 12.2 Å². The average Bonchev–Trinajstić information content (AvgIpc) is 2.68. The Labute approximate surface area is 175 Å². The fourth-order valence-corrected chi connectivity index (χ4v) is 2.57. The van der Waals surface area contributed by atoms with Crippen LogP contribution in [0.4, 0.5) is 13.2 Å². The monoisotopic (exact) mass is 449 g/mol. The number of carbonyl (C=O) groups is 1. The molecule has 0 fully saturated rings. The highest BCUT2D eigenvalue weighted by molar-refractivity contribution is 6.31. The number of ether oxygens (including phenoxy) is 4. The zero-order valence-corrected chi connectivity index (χ0v) is 16.8. The van der Waals surface area contributed by atoms with Crippen LogP contribution < -0.4 is 9.47 Å². The number of halogens is 4. The maximum Gasteiger partial charge on any atom is 0.417 e. The highest BCUT2D eigenvalue weighted by atomic mass is 35.5. The third-order valence-corrected chi connectivity index (χ3v) is 4.17. The lowest BCUT2D eigenvalue weighted by molar-refractivity contribution is -0.148. The number of benzene rings is 1. The lowest BCUT2D eigenvalue weighted by atomic mass is 10.1. The molecule has 30 heavy (non-hydrogen) atoms. The van der Waals surface area contributed by atoms with E-state index in [4.69, 9.17) is 30.5 Å². The third-order valence-electron chi connectivity index (χ3n) is 3.90. The van der Waals surface area contributed by atoms with Gasteiger partial charge in [-0.2, -0.15) is 13.2 Å². The van der Waals surface area contributed by atoms with Crippen molar-refractivity contribution in [3.8, 4) is 17.4 Å². The Morgan fingerprint density at radius 1 is 1.23 bits per heavy atom. The Kier molecular flexibility index (Phi) is 8.27. The first-order valence-corrected chi connectivity index (χ1v) is 8.94. The molecule has 0 spiro atoms. The van der Waals surface area contributed by atoms with Crippen LogP contribution in [0.25, 0.3) is 0 Å². The molecule has 1 aromatic carbocycles. The van der Waals surface area contributed by atoms with Crippen molar-refractivity contribution in [2.24, 2.45) is 0 Å². The minimum atomic E-state index is -4.61. The van der Waals surface area contributed by atoms with Crippen molar-refractivity contribution >= 4 is 17.6 Å². The molecule has 0 saturated heterocycles. The molecule has 0 aliphatic carbocycles. The molecule has 1 unspecified atom stereocenters. The largest absolute Gasteiger partial charge is 0.491 e. The zero-order valence-electron chi connectivity index (χ0n) is 16.0. The Morgan fingerprint density at radius 3 is 2.53 bits per heavy atom. The quantitative estimate of drug-likeness (QED) is 0.543. The summed E-state index contributed by atoms with van der Waals surface area (Å²) in [6, 6.07) is 5.30. The first kappa shape index (κ1) is 23.7. The van der Waals surface area contributed by atoms with Crippen LogP contribution in [0.5, 0.6) is 17.4 Å². The fourth-order valence-electron chi connectivity index (χ4n) is 2.36. The number of carboxylic acid groups (broad SMARTS) is 1. The van der Waals surface area contributed by atoms with Gasteiger partial charge in [0, 0.05) is 32.9 Å². The van der Waals surface area contributed by atoms with E-state index in [9.17, 15) is 23.1 Å². The van der Waals surface area contributed by atoms with E-state index in [1.54, 1.807) is 12.1 Å². The molecule has 11 heteroatoms. The van der Waals surface area contributed by atoms with Crippen LogP contribution in [-0.4, -0.2) is 49.6 Å². The summed E-state index contributed by atoms with van der Waals surface area (Å²) >= 11 is 5.91. The van der Waals surface area contributed by atoms with E-state index in [0.29, 0.717) is 30.2 Å². The predicted octanol–water partition coefficient (Wildman–Crippen LogP) is 4.21. The van der Waals surface area contributed by atoms with Gasteiger partial charge >= 0.3 is 12.1 Å².